The highest BCUT2D eigenvalue weighted by Gasteiger charge is 2.33. The summed E-state index contributed by atoms with van der Waals surface area (Å²) < 4.78 is 5.75. The van der Waals surface area contributed by atoms with Crippen LogP contribution >= 0.6 is 12.6 Å². The number of thiol groups is 1. The largest absolute Gasteiger partial charge is 0.373 e. The van der Waals surface area contributed by atoms with Crippen molar-refractivity contribution in [3.63, 3.8) is 0 Å². The van der Waals surface area contributed by atoms with E-state index in [-0.39, 0.29) is 5.60 Å². The molecule has 1 heterocycles. The van der Waals surface area contributed by atoms with Crippen LogP contribution in [-0.2, 0) is 4.74 Å². The summed E-state index contributed by atoms with van der Waals surface area (Å²) in [6.07, 6.45) is 2.43. The van der Waals surface area contributed by atoms with E-state index < -0.39 is 0 Å². The van der Waals surface area contributed by atoms with Crippen molar-refractivity contribution in [1.29, 1.82) is 0 Å². The molecule has 1 saturated heterocycles. The van der Waals surface area contributed by atoms with E-state index in [4.69, 9.17) is 4.74 Å². The van der Waals surface area contributed by atoms with Crippen molar-refractivity contribution in [2.45, 2.75) is 46.1 Å². The van der Waals surface area contributed by atoms with Gasteiger partial charge in [-0.25, -0.2) is 0 Å². The standard InChI is InChI=1S/C13H27NOS/c1-5-13(6-2,11-16)10-14-7-8-15-12(3,4)9-14/h16H,5-11H2,1-4H3. The lowest BCUT2D eigenvalue weighted by Crippen LogP contribution is -2.51. The first-order chi connectivity index (χ1) is 7.47. The average Bonchev–Trinajstić information content (AvgIpc) is 2.25. The van der Waals surface area contributed by atoms with E-state index in [0.29, 0.717) is 5.41 Å². The van der Waals surface area contributed by atoms with E-state index in [1.54, 1.807) is 0 Å². The molecule has 16 heavy (non-hydrogen) atoms. The Kier molecular flexibility index (Phi) is 5.14. The van der Waals surface area contributed by atoms with Crippen LogP contribution in [0.25, 0.3) is 0 Å². The fourth-order valence-corrected chi connectivity index (χ4v) is 3.02. The molecule has 0 bridgehead atoms. The number of hydrogen-bond acceptors (Lipinski definition) is 3. The molecule has 0 unspecified atom stereocenters. The number of nitrogens with zero attached hydrogens (tertiary/aromatic N) is 1. The Labute approximate surface area is 106 Å². The van der Waals surface area contributed by atoms with Crippen LogP contribution in [0.2, 0.25) is 0 Å². The SMILES string of the molecule is CCC(CC)(CS)CN1CCOC(C)(C)C1. The Hall–Kier alpha value is 0.270. The van der Waals surface area contributed by atoms with Crippen molar-refractivity contribution < 1.29 is 4.74 Å². The normalized spacial score (nSPS) is 22.3. The fraction of sp³-hybridized carbons (Fsp3) is 1.00. The summed E-state index contributed by atoms with van der Waals surface area (Å²) in [7, 11) is 0. The Morgan fingerprint density at radius 1 is 1.31 bits per heavy atom. The van der Waals surface area contributed by atoms with Crippen molar-refractivity contribution in [2.24, 2.45) is 5.41 Å². The summed E-state index contributed by atoms with van der Waals surface area (Å²) in [5, 5.41) is 0. The minimum absolute atomic E-state index is 0.0159. The number of ether oxygens (including phenoxy) is 1. The predicted octanol–water partition coefficient (Wildman–Crippen LogP) is 2.83. The molecule has 0 aromatic carbocycles. The Balaban J connectivity index is 2.58. The monoisotopic (exact) mass is 245 g/mol. The highest BCUT2D eigenvalue weighted by atomic mass is 32.1. The molecule has 1 fully saturated rings. The zero-order chi connectivity index (χ0) is 12.2. The van der Waals surface area contributed by atoms with Gasteiger partial charge < -0.3 is 4.74 Å². The van der Waals surface area contributed by atoms with E-state index in [2.05, 4.69) is 45.2 Å². The maximum Gasteiger partial charge on any atom is 0.0753 e. The van der Waals surface area contributed by atoms with Gasteiger partial charge in [0.05, 0.1) is 12.2 Å². The molecular formula is C13H27NOS. The molecule has 0 aromatic rings. The maximum atomic E-state index is 5.75. The summed E-state index contributed by atoms with van der Waals surface area (Å²) in [4.78, 5) is 2.55. The number of hydrogen-bond donors (Lipinski definition) is 1. The van der Waals surface area contributed by atoms with E-state index >= 15 is 0 Å². The van der Waals surface area contributed by atoms with Gasteiger partial charge in [-0.1, -0.05) is 13.8 Å². The summed E-state index contributed by atoms with van der Waals surface area (Å²) in [6, 6.07) is 0. The van der Waals surface area contributed by atoms with Crippen molar-refractivity contribution in [3.05, 3.63) is 0 Å². The average molecular weight is 245 g/mol. The molecule has 0 aliphatic carbocycles. The minimum Gasteiger partial charge on any atom is -0.373 e. The van der Waals surface area contributed by atoms with Gasteiger partial charge in [0.1, 0.15) is 0 Å². The molecule has 0 N–H and O–H groups in total. The van der Waals surface area contributed by atoms with Crippen LogP contribution in [-0.4, -0.2) is 42.5 Å². The van der Waals surface area contributed by atoms with E-state index in [1.165, 1.54) is 12.8 Å². The van der Waals surface area contributed by atoms with Crippen molar-refractivity contribution in [2.75, 3.05) is 32.0 Å². The number of rotatable bonds is 5. The molecule has 1 aliphatic rings. The lowest BCUT2D eigenvalue weighted by atomic mass is 9.83. The second-order valence-electron chi connectivity index (χ2n) is 5.68. The maximum absolute atomic E-state index is 5.75. The third-order valence-corrected chi connectivity index (χ3v) is 4.57. The van der Waals surface area contributed by atoms with Gasteiger partial charge in [-0.3, -0.25) is 4.90 Å². The smallest absolute Gasteiger partial charge is 0.0753 e. The lowest BCUT2D eigenvalue weighted by Gasteiger charge is -2.43. The van der Waals surface area contributed by atoms with E-state index in [0.717, 1.165) is 32.0 Å². The summed E-state index contributed by atoms with van der Waals surface area (Å²) in [6.45, 7) is 13.1. The van der Waals surface area contributed by atoms with Gasteiger partial charge in [0, 0.05) is 19.6 Å². The number of morpholine rings is 1. The molecule has 0 atom stereocenters. The van der Waals surface area contributed by atoms with Crippen LogP contribution in [0.15, 0.2) is 0 Å². The highest BCUT2D eigenvalue weighted by Crippen LogP contribution is 2.30. The zero-order valence-corrected chi connectivity index (χ0v) is 12.1. The summed E-state index contributed by atoms with van der Waals surface area (Å²) >= 11 is 4.55. The second kappa shape index (κ2) is 5.74. The molecule has 0 spiro atoms. The molecule has 0 aromatic heterocycles. The fourth-order valence-electron chi connectivity index (χ4n) is 2.47. The van der Waals surface area contributed by atoms with Gasteiger partial charge in [-0.15, -0.1) is 0 Å². The topological polar surface area (TPSA) is 12.5 Å². The molecule has 0 saturated carbocycles. The van der Waals surface area contributed by atoms with E-state index in [1.807, 2.05) is 0 Å². The predicted molar refractivity (Wildman–Crippen MR) is 73.3 cm³/mol. The van der Waals surface area contributed by atoms with Gasteiger partial charge in [0.25, 0.3) is 0 Å². The van der Waals surface area contributed by atoms with Crippen molar-refractivity contribution in [1.82, 2.24) is 4.90 Å². The molecule has 96 valence electrons. The third kappa shape index (κ3) is 3.64. The Morgan fingerprint density at radius 3 is 2.38 bits per heavy atom. The third-order valence-electron chi connectivity index (χ3n) is 3.90. The zero-order valence-electron chi connectivity index (χ0n) is 11.3. The first-order valence-corrected chi connectivity index (χ1v) is 7.07. The molecule has 1 aliphatic heterocycles. The minimum atomic E-state index is 0.0159. The van der Waals surface area contributed by atoms with Gasteiger partial charge in [0.15, 0.2) is 0 Å². The van der Waals surface area contributed by atoms with Gasteiger partial charge in [-0.05, 0) is 37.9 Å². The van der Waals surface area contributed by atoms with Crippen molar-refractivity contribution in [3.8, 4) is 0 Å². The van der Waals surface area contributed by atoms with Crippen LogP contribution in [0.1, 0.15) is 40.5 Å². The van der Waals surface area contributed by atoms with Gasteiger partial charge in [-0.2, -0.15) is 12.6 Å². The first-order valence-electron chi connectivity index (χ1n) is 6.44. The van der Waals surface area contributed by atoms with Gasteiger partial charge in [0.2, 0.25) is 0 Å². The second-order valence-corrected chi connectivity index (χ2v) is 6.00. The van der Waals surface area contributed by atoms with Crippen LogP contribution in [0.3, 0.4) is 0 Å². The van der Waals surface area contributed by atoms with Crippen LogP contribution in [0.5, 0.6) is 0 Å². The van der Waals surface area contributed by atoms with Crippen LogP contribution in [0, 0.1) is 5.41 Å². The molecule has 3 heteroatoms. The molecule has 2 nitrogen and oxygen atoms in total. The van der Waals surface area contributed by atoms with E-state index in [9.17, 15) is 0 Å². The quantitative estimate of drug-likeness (QED) is 0.748. The molecular weight excluding hydrogens is 218 g/mol. The van der Waals surface area contributed by atoms with Gasteiger partial charge >= 0.3 is 0 Å². The molecule has 0 radical (unpaired) electrons. The summed E-state index contributed by atoms with van der Waals surface area (Å²) in [5.41, 5.74) is 0.401. The highest BCUT2D eigenvalue weighted by molar-refractivity contribution is 7.80. The van der Waals surface area contributed by atoms with Crippen molar-refractivity contribution >= 4 is 12.6 Å². The Morgan fingerprint density at radius 2 is 1.94 bits per heavy atom. The summed E-state index contributed by atoms with van der Waals surface area (Å²) in [5.74, 6) is 0.984. The first kappa shape index (κ1) is 14.3. The Bertz CT molecular complexity index is 206. The lowest BCUT2D eigenvalue weighted by molar-refractivity contribution is -0.0936. The van der Waals surface area contributed by atoms with Crippen LogP contribution < -0.4 is 0 Å². The molecule has 0 amide bonds. The molecule has 1 rings (SSSR count). The van der Waals surface area contributed by atoms with Crippen LogP contribution in [0.4, 0.5) is 0 Å².